The first-order valence-electron chi connectivity index (χ1n) is 7.35. The Balaban J connectivity index is 2.85. The van der Waals surface area contributed by atoms with Crippen LogP contribution < -0.4 is 0 Å². The van der Waals surface area contributed by atoms with Crippen molar-refractivity contribution in [2.75, 3.05) is 0 Å². The molecule has 0 nitrogen and oxygen atoms in total. The van der Waals surface area contributed by atoms with E-state index in [-0.39, 0.29) is 0 Å². The van der Waals surface area contributed by atoms with E-state index in [9.17, 15) is 0 Å². The van der Waals surface area contributed by atoms with Crippen LogP contribution >= 0.6 is 12.2 Å². The summed E-state index contributed by atoms with van der Waals surface area (Å²) < 4.78 is 0. The quantitative estimate of drug-likeness (QED) is 0.279. The molecule has 0 saturated heterocycles. The molecule has 0 amide bonds. The van der Waals surface area contributed by atoms with Crippen LogP contribution in [0.2, 0.25) is 0 Å². The molecule has 0 aromatic heterocycles. The number of hydrogen-bond acceptors (Lipinski definition) is 1. The van der Waals surface area contributed by atoms with Gasteiger partial charge in [-0.15, -0.1) is 0 Å². The van der Waals surface area contributed by atoms with Crippen molar-refractivity contribution in [1.29, 1.82) is 0 Å². The Hall–Kier alpha value is 0.0900. The molecule has 96 valence electrons. The Morgan fingerprint density at radius 1 is 0.625 bits per heavy atom. The SMILES string of the molecule is CCCCCCCCCCCCCCC=S. The summed E-state index contributed by atoms with van der Waals surface area (Å²) >= 11 is 4.81. The molecule has 0 saturated carbocycles. The largest absolute Gasteiger partial charge is 0.0935 e. The summed E-state index contributed by atoms with van der Waals surface area (Å²) in [6.07, 6.45) is 18.2. The molecule has 0 aliphatic heterocycles. The van der Waals surface area contributed by atoms with E-state index in [0.29, 0.717) is 0 Å². The van der Waals surface area contributed by atoms with Gasteiger partial charge in [0.05, 0.1) is 0 Å². The standard InChI is InChI=1S/C15H30S/c1-2-3-4-5-6-7-8-9-10-11-12-13-14-15-16/h15H,2-14H2,1H3. The topological polar surface area (TPSA) is 0 Å². The van der Waals surface area contributed by atoms with Gasteiger partial charge >= 0.3 is 0 Å². The van der Waals surface area contributed by atoms with Crippen molar-refractivity contribution in [3.8, 4) is 0 Å². The first-order valence-corrected chi connectivity index (χ1v) is 7.82. The van der Waals surface area contributed by atoms with Gasteiger partial charge in [0.15, 0.2) is 0 Å². The highest BCUT2D eigenvalue weighted by Gasteiger charge is 1.92. The summed E-state index contributed by atoms with van der Waals surface area (Å²) in [6, 6.07) is 0. The summed E-state index contributed by atoms with van der Waals surface area (Å²) in [6.45, 7) is 2.28. The van der Waals surface area contributed by atoms with Crippen molar-refractivity contribution >= 4 is 17.6 Å². The lowest BCUT2D eigenvalue weighted by Crippen LogP contribution is -1.82. The molecule has 0 atom stereocenters. The van der Waals surface area contributed by atoms with E-state index in [1.165, 1.54) is 77.0 Å². The average molecular weight is 242 g/mol. The molecule has 0 aromatic rings. The van der Waals surface area contributed by atoms with Crippen LogP contribution in [0, 0.1) is 0 Å². The Morgan fingerprint density at radius 3 is 1.38 bits per heavy atom. The minimum absolute atomic E-state index is 1.13. The lowest BCUT2D eigenvalue weighted by molar-refractivity contribution is 0.546. The lowest BCUT2D eigenvalue weighted by atomic mass is 10.1. The zero-order chi connectivity index (χ0) is 11.9. The minimum Gasteiger partial charge on any atom is -0.0935 e. The number of rotatable bonds is 13. The van der Waals surface area contributed by atoms with Crippen molar-refractivity contribution in [2.45, 2.75) is 90.4 Å². The molecule has 0 fully saturated rings. The smallest absolute Gasteiger partial charge is 0.0210 e. The molecule has 0 aromatic carbocycles. The molecule has 0 heterocycles. The third kappa shape index (κ3) is 14.1. The summed E-state index contributed by atoms with van der Waals surface area (Å²) in [7, 11) is 0. The molecule has 0 bridgehead atoms. The van der Waals surface area contributed by atoms with Crippen LogP contribution in [-0.4, -0.2) is 5.37 Å². The van der Waals surface area contributed by atoms with E-state index in [2.05, 4.69) is 6.92 Å². The molecule has 0 spiro atoms. The van der Waals surface area contributed by atoms with E-state index in [1.54, 1.807) is 0 Å². The maximum Gasteiger partial charge on any atom is -0.0210 e. The van der Waals surface area contributed by atoms with E-state index < -0.39 is 0 Å². The molecule has 0 rings (SSSR count). The second-order valence-corrected chi connectivity index (χ2v) is 5.18. The van der Waals surface area contributed by atoms with E-state index >= 15 is 0 Å². The Labute approximate surface area is 108 Å². The first-order chi connectivity index (χ1) is 7.91. The zero-order valence-corrected chi connectivity index (χ0v) is 12.0. The summed E-state index contributed by atoms with van der Waals surface area (Å²) in [5, 5.41) is 1.87. The molecule has 0 aliphatic carbocycles. The molecule has 1 heteroatoms. The highest BCUT2D eigenvalue weighted by Crippen LogP contribution is 2.12. The molecule has 0 aliphatic rings. The van der Waals surface area contributed by atoms with Gasteiger partial charge in [-0.05, 0) is 18.2 Å². The molecule has 0 N–H and O–H groups in total. The van der Waals surface area contributed by atoms with Crippen molar-refractivity contribution in [3.05, 3.63) is 0 Å². The lowest BCUT2D eigenvalue weighted by Gasteiger charge is -2.01. The van der Waals surface area contributed by atoms with Gasteiger partial charge in [-0.2, -0.15) is 0 Å². The van der Waals surface area contributed by atoms with Gasteiger partial charge in [0.25, 0.3) is 0 Å². The summed E-state index contributed by atoms with van der Waals surface area (Å²) in [5.74, 6) is 0. The Bertz CT molecular complexity index is 131. The van der Waals surface area contributed by atoms with Crippen molar-refractivity contribution in [3.63, 3.8) is 0 Å². The molecule has 0 unspecified atom stereocenters. The first kappa shape index (κ1) is 16.1. The molecule has 16 heavy (non-hydrogen) atoms. The highest BCUT2D eigenvalue weighted by atomic mass is 32.1. The normalized spacial score (nSPS) is 10.6. The summed E-state index contributed by atoms with van der Waals surface area (Å²) in [5.41, 5.74) is 0. The van der Waals surface area contributed by atoms with Gasteiger partial charge in [0.1, 0.15) is 0 Å². The minimum atomic E-state index is 1.13. The second-order valence-electron chi connectivity index (χ2n) is 4.84. The fraction of sp³-hybridized carbons (Fsp3) is 0.933. The van der Waals surface area contributed by atoms with Crippen LogP contribution in [0.3, 0.4) is 0 Å². The fourth-order valence-electron chi connectivity index (χ4n) is 2.07. The van der Waals surface area contributed by atoms with Gasteiger partial charge in [0, 0.05) is 0 Å². The number of thiocarbonyl (C=S) groups is 1. The zero-order valence-electron chi connectivity index (χ0n) is 11.2. The number of unbranched alkanes of at least 4 members (excludes halogenated alkanes) is 12. The average Bonchev–Trinajstić information content (AvgIpc) is 2.31. The number of hydrogen-bond donors (Lipinski definition) is 0. The van der Waals surface area contributed by atoms with Crippen LogP contribution in [0.15, 0.2) is 0 Å². The maximum absolute atomic E-state index is 4.81. The predicted octanol–water partition coefficient (Wildman–Crippen LogP) is 6.08. The van der Waals surface area contributed by atoms with Gasteiger partial charge in [-0.25, -0.2) is 0 Å². The summed E-state index contributed by atoms with van der Waals surface area (Å²) in [4.78, 5) is 0. The van der Waals surface area contributed by atoms with Crippen LogP contribution in [0.5, 0.6) is 0 Å². The Morgan fingerprint density at radius 2 is 1.00 bits per heavy atom. The van der Waals surface area contributed by atoms with Gasteiger partial charge < -0.3 is 0 Å². The van der Waals surface area contributed by atoms with Gasteiger partial charge in [0.2, 0.25) is 0 Å². The maximum atomic E-state index is 4.81. The van der Waals surface area contributed by atoms with Gasteiger partial charge in [-0.1, -0.05) is 89.8 Å². The van der Waals surface area contributed by atoms with Crippen LogP contribution in [-0.2, 0) is 0 Å². The van der Waals surface area contributed by atoms with Crippen molar-refractivity contribution < 1.29 is 0 Å². The van der Waals surface area contributed by atoms with Crippen LogP contribution in [0.25, 0.3) is 0 Å². The monoisotopic (exact) mass is 242 g/mol. The third-order valence-electron chi connectivity index (χ3n) is 3.18. The molecular weight excluding hydrogens is 212 g/mol. The van der Waals surface area contributed by atoms with Crippen LogP contribution in [0.1, 0.15) is 90.4 Å². The molecule has 0 radical (unpaired) electrons. The van der Waals surface area contributed by atoms with E-state index in [0.717, 1.165) is 6.42 Å². The molecular formula is C15H30S. The Kier molecular flexibility index (Phi) is 15.2. The third-order valence-corrected chi connectivity index (χ3v) is 3.41. The van der Waals surface area contributed by atoms with Crippen LogP contribution in [0.4, 0.5) is 0 Å². The van der Waals surface area contributed by atoms with Crippen molar-refractivity contribution in [1.82, 2.24) is 0 Å². The second kappa shape index (κ2) is 15.1. The van der Waals surface area contributed by atoms with E-state index in [1.807, 2.05) is 5.37 Å². The van der Waals surface area contributed by atoms with Crippen molar-refractivity contribution in [2.24, 2.45) is 0 Å². The highest BCUT2D eigenvalue weighted by molar-refractivity contribution is 7.78. The van der Waals surface area contributed by atoms with Gasteiger partial charge in [-0.3, -0.25) is 0 Å². The van der Waals surface area contributed by atoms with E-state index in [4.69, 9.17) is 12.2 Å². The fourth-order valence-corrected chi connectivity index (χ4v) is 2.24. The predicted molar refractivity (Wildman–Crippen MR) is 79.4 cm³/mol.